The molecule has 0 atom stereocenters. The normalized spacial score (nSPS) is 10.5. The van der Waals surface area contributed by atoms with Gasteiger partial charge in [-0.3, -0.25) is 0 Å². The zero-order chi connectivity index (χ0) is 10.1. The molecule has 0 bridgehead atoms. The first-order valence-corrected chi connectivity index (χ1v) is 5.10. The molecule has 0 radical (unpaired) electrons. The molecule has 0 aliphatic rings. The second-order valence-corrected chi connectivity index (χ2v) is 3.82. The maximum Gasteiger partial charge on any atom is 0.170 e. The van der Waals surface area contributed by atoms with Crippen LogP contribution in [0.5, 0.6) is 0 Å². The molecule has 14 heavy (non-hydrogen) atoms. The largest absolute Gasteiger partial charge is 0.207 e. The molecule has 0 saturated heterocycles. The van der Waals surface area contributed by atoms with E-state index in [-0.39, 0.29) is 10.2 Å². The standard InChI is InChI=1S/C8H3Cl2FN2S/c9-6-3-4(11)1-2-5(6)7-8(10)13-14-12-7/h1-3H. The number of benzene rings is 1. The topological polar surface area (TPSA) is 25.8 Å². The Hall–Kier alpha value is -0.710. The number of aromatic nitrogens is 2. The van der Waals surface area contributed by atoms with Crippen molar-refractivity contribution >= 4 is 34.9 Å². The van der Waals surface area contributed by atoms with Crippen molar-refractivity contribution in [1.29, 1.82) is 0 Å². The van der Waals surface area contributed by atoms with E-state index in [1.165, 1.54) is 18.2 Å². The van der Waals surface area contributed by atoms with Crippen LogP contribution in [0.1, 0.15) is 0 Å². The average molecular weight is 249 g/mol. The second-order valence-electron chi connectivity index (χ2n) is 2.53. The number of hydrogen-bond acceptors (Lipinski definition) is 3. The third-order valence-electron chi connectivity index (χ3n) is 1.63. The minimum Gasteiger partial charge on any atom is -0.207 e. The number of hydrogen-bond donors (Lipinski definition) is 0. The van der Waals surface area contributed by atoms with Gasteiger partial charge in [-0.15, -0.1) is 0 Å². The second kappa shape index (κ2) is 3.81. The van der Waals surface area contributed by atoms with Crippen molar-refractivity contribution in [1.82, 2.24) is 8.75 Å². The highest BCUT2D eigenvalue weighted by Crippen LogP contribution is 2.31. The summed E-state index contributed by atoms with van der Waals surface area (Å²) in [6.07, 6.45) is 0. The van der Waals surface area contributed by atoms with Gasteiger partial charge in [0.05, 0.1) is 16.8 Å². The minimum atomic E-state index is -0.391. The lowest BCUT2D eigenvalue weighted by molar-refractivity contribution is 0.628. The third-order valence-corrected chi connectivity index (χ3v) is 2.84. The van der Waals surface area contributed by atoms with Crippen molar-refractivity contribution in [3.63, 3.8) is 0 Å². The molecule has 2 nitrogen and oxygen atoms in total. The van der Waals surface area contributed by atoms with E-state index in [0.717, 1.165) is 11.7 Å². The molecule has 0 amide bonds. The van der Waals surface area contributed by atoms with Gasteiger partial charge in [-0.25, -0.2) is 4.39 Å². The first kappa shape index (κ1) is 9.83. The van der Waals surface area contributed by atoms with E-state index in [1.54, 1.807) is 0 Å². The van der Waals surface area contributed by atoms with Gasteiger partial charge in [-0.2, -0.15) is 8.75 Å². The van der Waals surface area contributed by atoms with Crippen molar-refractivity contribution < 1.29 is 4.39 Å². The van der Waals surface area contributed by atoms with Gasteiger partial charge in [-0.1, -0.05) is 23.2 Å². The molecule has 0 N–H and O–H groups in total. The summed E-state index contributed by atoms with van der Waals surface area (Å²) in [7, 11) is 0. The molecule has 1 heterocycles. The summed E-state index contributed by atoms with van der Waals surface area (Å²) in [5.74, 6) is -0.391. The Bertz CT molecular complexity index is 472. The van der Waals surface area contributed by atoms with Crippen molar-refractivity contribution in [2.24, 2.45) is 0 Å². The van der Waals surface area contributed by atoms with Gasteiger partial charge in [0, 0.05) is 5.56 Å². The minimum absolute atomic E-state index is 0.277. The Morgan fingerprint density at radius 1 is 1.21 bits per heavy atom. The molecule has 0 unspecified atom stereocenters. The Labute approximate surface area is 93.6 Å². The van der Waals surface area contributed by atoms with Crippen LogP contribution in [0.4, 0.5) is 4.39 Å². The molecule has 72 valence electrons. The zero-order valence-corrected chi connectivity index (χ0v) is 9.00. The maximum absolute atomic E-state index is 12.7. The summed E-state index contributed by atoms with van der Waals surface area (Å²) in [5, 5.41) is 0.558. The monoisotopic (exact) mass is 248 g/mol. The molecule has 1 aromatic carbocycles. The van der Waals surface area contributed by atoms with Crippen LogP contribution in [-0.2, 0) is 0 Å². The third kappa shape index (κ3) is 1.73. The van der Waals surface area contributed by atoms with Crippen molar-refractivity contribution in [2.45, 2.75) is 0 Å². The van der Waals surface area contributed by atoms with E-state index in [2.05, 4.69) is 8.75 Å². The van der Waals surface area contributed by atoms with Crippen LogP contribution in [0, 0.1) is 5.82 Å². The van der Waals surface area contributed by atoms with Gasteiger partial charge in [0.1, 0.15) is 11.5 Å². The Kier molecular flexibility index (Phi) is 2.67. The lowest BCUT2D eigenvalue weighted by Gasteiger charge is -1.99. The van der Waals surface area contributed by atoms with Crippen molar-refractivity contribution in [3.05, 3.63) is 34.2 Å². The first-order chi connectivity index (χ1) is 6.68. The highest BCUT2D eigenvalue weighted by Gasteiger charge is 2.12. The first-order valence-electron chi connectivity index (χ1n) is 3.62. The van der Waals surface area contributed by atoms with Gasteiger partial charge >= 0.3 is 0 Å². The molecule has 0 aliphatic heterocycles. The molecule has 2 aromatic rings. The highest BCUT2D eigenvalue weighted by molar-refractivity contribution is 6.99. The summed E-state index contributed by atoms with van der Waals surface area (Å²) in [6, 6.07) is 4.05. The Morgan fingerprint density at radius 3 is 2.57 bits per heavy atom. The van der Waals surface area contributed by atoms with Crippen LogP contribution in [-0.4, -0.2) is 8.75 Å². The zero-order valence-electron chi connectivity index (χ0n) is 6.67. The molecule has 1 aromatic heterocycles. The summed E-state index contributed by atoms with van der Waals surface area (Å²) in [5.41, 5.74) is 1.08. The van der Waals surface area contributed by atoms with Crippen LogP contribution in [0.3, 0.4) is 0 Å². The SMILES string of the molecule is Fc1ccc(-c2nsnc2Cl)c(Cl)c1. The summed E-state index contributed by atoms with van der Waals surface area (Å²) >= 11 is 12.6. The van der Waals surface area contributed by atoms with Gasteiger partial charge in [0.15, 0.2) is 5.15 Å². The molecule has 0 fully saturated rings. The predicted molar refractivity (Wildman–Crippen MR) is 55.3 cm³/mol. The summed E-state index contributed by atoms with van der Waals surface area (Å²) in [4.78, 5) is 0. The fourth-order valence-electron chi connectivity index (χ4n) is 1.02. The van der Waals surface area contributed by atoms with Crippen molar-refractivity contribution in [3.8, 4) is 11.3 Å². The van der Waals surface area contributed by atoms with Gasteiger partial charge < -0.3 is 0 Å². The predicted octanol–water partition coefficient (Wildman–Crippen LogP) is 3.65. The molecule has 0 saturated carbocycles. The fraction of sp³-hybridized carbons (Fsp3) is 0. The smallest absolute Gasteiger partial charge is 0.170 e. The maximum atomic E-state index is 12.7. The van der Waals surface area contributed by atoms with Crippen LogP contribution in [0.2, 0.25) is 10.2 Å². The number of halogens is 3. The molecular formula is C8H3Cl2FN2S. The van der Waals surface area contributed by atoms with Crippen LogP contribution in [0.15, 0.2) is 18.2 Å². The van der Waals surface area contributed by atoms with Gasteiger partial charge in [0.2, 0.25) is 0 Å². The van der Waals surface area contributed by atoms with Gasteiger partial charge in [0.25, 0.3) is 0 Å². The van der Waals surface area contributed by atoms with Crippen LogP contribution >= 0.6 is 34.9 Å². The molecule has 2 rings (SSSR count). The van der Waals surface area contributed by atoms with E-state index >= 15 is 0 Å². The van der Waals surface area contributed by atoms with E-state index in [9.17, 15) is 4.39 Å². The lowest BCUT2D eigenvalue weighted by atomic mass is 10.2. The Morgan fingerprint density at radius 2 is 2.00 bits per heavy atom. The van der Waals surface area contributed by atoms with Crippen molar-refractivity contribution in [2.75, 3.05) is 0 Å². The lowest BCUT2D eigenvalue weighted by Crippen LogP contribution is -1.82. The molecule has 6 heteroatoms. The summed E-state index contributed by atoms with van der Waals surface area (Å²) < 4.78 is 20.5. The van der Waals surface area contributed by atoms with E-state index < -0.39 is 5.82 Å². The van der Waals surface area contributed by atoms with E-state index in [1.807, 2.05) is 0 Å². The van der Waals surface area contributed by atoms with Crippen LogP contribution < -0.4 is 0 Å². The molecule has 0 spiro atoms. The number of nitrogens with zero attached hydrogens (tertiary/aromatic N) is 2. The fourth-order valence-corrected chi connectivity index (χ4v) is 2.03. The highest BCUT2D eigenvalue weighted by atomic mass is 35.5. The summed E-state index contributed by atoms with van der Waals surface area (Å²) in [6.45, 7) is 0. The van der Waals surface area contributed by atoms with E-state index in [0.29, 0.717) is 11.3 Å². The number of rotatable bonds is 1. The molecule has 0 aliphatic carbocycles. The Balaban J connectivity index is 2.58. The van der Waals surface area contributed by atoms with Gasteiger partial charge in [-0.05, 0) is 18.2 Å². The average Bonchev–Trinajstić information content (AvgIpc) is 2.52. The van der Waals surface area contributed by atoms with Crippen LogP contribution in [0.25, 0.3) is 11.3 Å². The van der Waals surface area contributed by atoms with E-state index in [4.69, 9.17) is 23.2 Å². The quantitative estimate of drug-likeness (QED) is 0.770. The molecular weight excluding hydrogens is 246 g/mol.